The number of carbonyl (C=O) groups excluding carboxylic acids is 2. The highest BCUT2D eigenvalue weighted by molar-refractivity contribution is 7.18. The van der Waals surface area contributed by atoms with Crippen molar-refractivity contribution >= 4 is 33.2 Å². The third-order valence-electron chi connectivity index (χ3n) is 8.85. The smallest absolute Gasteiger partial charge is 0.223 e. The Balaban J connectivity index is 1.62. The topological polar surface area (TPSA) is 112 Å². The number of nitrogens with one attached hydrogen (secondary N) is 1. The Hall–Kier alpha value is -1.87. The van der Waals surface area contributed by atoms with E-state index in [1.165, 1.54) is 0 Å². The van der Waals surface area contributed by atoms with Crippen LogP contribution in [-0.4, -0.2) is 50.8 Å². The molecule has 0 spiro atoms. The van der Waals surface area contributed by atoms with E-state index in [9.17, 15) is 19.8 Å². The molecule has 1 aromatic carbocycles. The molecule has 7 atom stereocenters. The predicted molar refractivity (Wildman–Crippen MR) is 150 cm³/mol. The maximum absolute atomic E-state index is 13.7. The minimum Gasteiger partial charge on any atom is -0.392 e. The van der Waals surface area contributed by atoms with Crippen molar-refractivity contribution in [2.75, 3.05) is 0 Å². The molecule has 1 amide bonds. The van der Waals surface area contributed by atoms with Gasteiger partial charge < -0.3 is 20.3 Å². The highest BCUT2D eigenvalue weighted by Gasteiger charge is 2.52. The molecule has 4 rings (SSSR count). The van der Waals surface area contributed by atoms with E-state index in [4.69, 9.17) is 4.74 Å². The molecule has 2 fully saturated rings. The first-order valence-electron chi connectivity index (χ1n) is 14.1. The number of thiazole rings is 1. The van der Waals surface area contributed by atoms with Crippen LogP contribution < -0.4 is 5.32 Å². The quantitative estimate of drug-likeness (QED) is 0.455. The van der Waals surface area contributed by atoms with Gasteiger partial charge >= 0.3 is 0 Å². The van der Waals surface area contributed by atoms with Gasteiger partial charge in [0.25, 0.3) is 0 Å². The molecule has 2 saturated heterocycles. The Morgan fingerprint density at radius 3 is 2.66 bits per heavy atom. The van der Waals surface area contributed by atoms with Crippen molar-refractivity contribution in [3.8, 4) is 0 Å². The molecule has 8 heteroatoms. The molecule has 2 aliphatic rings. The zero-order valence-corrected chi connectivity index (χ0v) is 24.4. The van der Waals surface area contributed by atoms with Gasteiger partial charge in [0.2, 0.25) is 5.91 Å². The van der Waals surface area contributed by atoms with E-state index < -0.39 is 23.5 Å². The number of ether oxygens (including phenoxy) is 1. The van der Waals surface area contributed by atoms with Crippen LogP contribution in [0.15, 0.2) is 18.2 Å². The monoisotopic (exact) mass is 544 g/mol. The fourth-order valence-electron chi connectivity index (χ4n) is 6.01. The summed E-state index contributed by atoms with van der Waals surface area (Å²) in [6.07, 6.45) is 2.31. The van der Waals surface area contributed by atoms with Gasteiger partial charge in [-0.3, -0.25) is 9.59 Å². The minimum atomic E-state index is -1.17. The van der Waals surface area contributed by atoms with Crippen LogP contribution in [-0.2, 0) is 14.3 Å². The van der Waals surface area contributed by atoms with E-state index in [1.807, 2.05) is 39.0 Å². The average molecular weight is 545 g/mol. The summed E-state index contributed by atoms with van der Waals surface area (Å²) < 4.78 is 7.27. The number of aryl methyl sites for hydroxylation is 1. The molecule has 3 N–H and O–H groups in total. The van der Waals surface area contributed by atoms with Crippen LogP contribution in [0.4, 0.5) is 0 Å². The molecule has 0 unspecified atom stereocenters. The standard InChI is InChI=1S/C30H44N2O5S/c1-7-9-20-27(35)17(2)10-8-13-30(6)25(37-30)15-21(19-11-12-23-22(14-19)31-18(3)38-23)32-26(34)16-24(33)29(4,5)28(20)36/h11-12,14,17,20-21,24-25,27,33,35H,7-10,13,15-16H2,1-6H3,(H,32,34)/t17-,20+,21-,24-,25-,27-,30+/m0/s1. The van der Waals surface area contributed by atoms with Gasteiger partial charge in [0.1, 0.15) is 5.78 Å². The van der Waals surface area contributed by atoms with Gasteiger partial charge in [-0.05, 0) is 56.7 Å². The van der Waals surface area contributed by atoms with Gasteiger partial charge in [-0.1, -0.05) is 46.6 Å². The number of epoxide rings is 1. The number of nitrogens with zero attached hydrogens (tertiary/aromatic N) is 1. The zero-order valence-electron chi connectivity index (χ0n) is 23.6. The van der Waals surface area contributed by atoms with Crippen molar-refractivity contribution in [3.63, 3.8) is 0 Å². The van der Waals surface area contributed by atoms with Gasteiger partial charge in [0.15, 0.2) is 0 Å². The fourth-order valence-corrected chi connectivity index (χ4v) is 6.82. The van der Waals surface area contributed by atoms with Crippen LogP contribution in [0.1, 0.15) is 96.2 Å². The second kappa shape index (κ2) is 11.3. The van der Waals surface area contributed by atoms with E-state index >= 15 is 0 Å². The number of carbonyl (C=O) groups is 2. The molecule has 210 valence electrons. The Bertz CT molecular complexity index is 1160. The molecule has 2 aromatic rings. The molecule has 0 saturated carbocycles. The number of aliphatic hydroxyl groups excluding tert-OH is 2. The summed E-state index contributed by atoms with van der Waals surface area (Å²) in [5.74, 6) is -1.11. The number of ketones is 1. The normalized spacial score (nSPS) is 35.1. The summed E-state index contributed by atoms with van der Waals surface area (Å²) in [6, 6.07) is 5.81. The summed E-state index contributed by atoms with van der Waals surface area (Å²) in [7, 11) is 0. The Labute approximate surface area is 230 Å². The Kier molecular flexibility index (Phi) is 8.67. The predicted octanol–water partition coefficient (Wildman–Crippen LogP) is 5.25. The molecular formula is C30H44N2O5S. The van der Waals surface area contributed by atoms with E-state index in [0.717, 1.165) is 46.5 Å². The van der Waals surface area contributed by atoms with Crippen molar-refractivity contribution in [1.82, 2.24) is 10.3 Å². The third-order valence-corrected chi connectivity index (χ3v) is 9.80. The van der Waals surface area contributed by atoms with Crippen LogP contribution >= 0.6 is 11.3 Å². The van der Waals surface area contributed by atoms with Crippen molar-refractivity contribution < 1.29 is 24.5 Å². The van der Waals surface area contributed by atoms with Crippen LogP contribution in [0.3, 0.4) is 0 Å². The number of Topliss-reactive ketones (excluding diaryl/α,β-unsaturated/α-hetero) is 1. The maximum atomic E-state index is 13.7. The van der Waals surface area contributed by atoms with Crippen molar-refractivity contribution in [2.45, 2.75) is 116 Å². The summed E-state index contributed by atoms with van der Waals surface area (Å²) >= 11 is 1.64. The largest absolute Gasteiger partial charge is 0.392 e. The van der Waals surface area contributed by atoms with Gasteiger partial charge in [0, 0.05) is 12.3 Å². The second-order valence-corrected chi connectivity index (χ2v) is 13.5. The fraction of sp³-hybridized carbons (Fsp3) is 0.700. The molecule has 1 aromatic heterocycles. The first-order valence-corrected chi connectivity index (χ1v) is 14.9. The van der Waals surface area contributed by atoms with E-state index in [1.54, 1.807) is 25.2 Å². The number of rotatable bonds is 3. The summed E-state index contributed by atoms with van der Waals surface area (Å²) in [5, 5.41) is 26.4. The summed E-state index contributed by atoms with van der Waals surface area (Å²) in [6.45, 7) is 11.5. The molecule has 3 heterocycles. The Morgan fingerprint density at radius 2 is 1.95 bits per heavy atom. The lowest BCUT2D eigenvalue weighted by molar-refractivity contribution is -0.144. The average Bonchev–Trinajstić information content (AvgIpc) is 3.32. The highest BCUT2D eigenvalue weighted by Crippen LogP contribution is 2.46. The number of hydrogen-bond donors (Lipinski definition) is 3. The molecule has 38 heavy (non-hydrogen) atoms. The van der Waals surface area contributed by atoms with Crippen molar-refractivity contribution in [1.29, 1.82) is 0 Å². The minimum absolute atomic E-state index is 0.00424. The number of amides is 1. The lowest BCUT2D eigenvalue weighted by atomic mass is 9.71. The van der Waals surface area contributed by atoms with Gasteiger partial charge in [0.05, 0.1) is 57.0 Å². The van der Waals surface area contributed by atoms with Crippen LogP contribution in [0.2, 0.25) is 0 Å². The zero-order chi connectivity index (χ0) is 27.8. The van der Waals surface area contributed by atoms with Crippen molar-refractivity contribution in [3.05, 3.63) is 28.8 Å². The van der Waals surface area contributed by atoms with Gasteiger partial charge in [-0.15, -0.1) is 11.3 Å². The molecule has 0 radical (unpaired) electrons. The van der Waals surface area contributed by atoms with Crippen LogP contribution in [0.25, 0.3) is 10.2 Å². The van der Waals surface area contributed by atoms with Crippen LogP contribution in [0, 0.1) is 24.2 Å². The first kappa shape index (κ1) is 29.1. The maximum Gasteiger partial charge on any atom is 0.223 e. The Morgan fingerprint density at radius 1 is 1.21 bits per heavy atom. The molecule has 7 nitrogen and oxygen atoms in total. The van der Waals surface area contributed by atoms with E-state index in [0.29, 0.717) is 12.8 Å². The summed E-state index contributed by atoms with van der Waals surface area (Å²) in [4.78, 5) is 31.6. The first-order chi connectivity index (χ1) is 17.9. The SMILES string of the molecule is CCC[C@H]1C(=O)C(C)(C)[C@@H](O)CC(=O)N[C@H](c2ccc3sc(C)nc3c2)C[C@@H]2O[C@]2(C)CCC[C@H](C)[C@@H]1O. The number of aliphatic hydroxyl groups is 2. The highest BCUT2D eigenvalue weighted by atomic mass is 32.1. The molecule has 0 aliphatic carbocycles. The summed E-state index contributed by atoms with van der Waals surface area (Å²) in [5.41, 5.74) is 0.429. The van der Waals surface area contributed by atoms with Gasteiger partial charge in [-0.2, -0.15) is 0 Å². The van der Waals surface area contributed by atoms with E-state index in [-0.39, 0.29) is 41.8 Å². The number of benzene rings is 1. The van der Waals surface area contributed by atoms with E-state index in [2.05, 4.69) is 17.2 Å². The lowest BCUT2D eigenvalue weighted by Crippen LogP contribution is -2.47. The molecule has 0 bridgehead atoms. The van der Waals surface area contributed by atoms with Crippen molar-refractivity contribution in [2.24, 2.45) is 17.3 Å². The van der Waals surface area contributed by atoms with Crippen LogP contribution in [0.5, 0.6) is 0 Å². The number of aromatic nitrogens is 1. The molecule has 2 aliphatic heterocycles. The third kappa shape index (κ3) is 6.14. The van der Waals surface area contributed by atoms with Gasteiger partial charge in [-0.25, -0.2) is 4.98 Å². The lowest BCUT2D eigenvalue weighted by Gasteiger charge is -2.36. The second-order valence-electron chi connectivity index (χ2n) is 12.3. The number of hydrogen-bond acceptors (Lipinski definition) is 7. The number of fused-ring (bicyclic) bond motifs is 2. The molecular weight excluding hydrogens is 500 g/mol.